The molecule has 0 fully saturated rings. The van der Waals surface area contributed by atoms with Gasteiger partial charge in [-0.1, -0.05) is 61.4 Å². The van der Waals surface area contributed by atoms with E-state index < -0.39 is 0 Å². The van der Waals surface area contributed by atoms with Gasteiger partial charge in [-0.05, 0) is 111 Å². The van der Waals surface area contributed by atoms with Gasteiger partial charge in [-0.2, -0.15) is 0 Å². The van der Waals surface area contributed by atoms with E-state index in [4.69, 9.17) is 0 Å². The first-order valence-electron chi connectivity index (χ1n) is 14.8. The summed E-state index contributed by atoms with van der Waals surface area (Å²) in [4.78, 5) is 0. The Kier molecular flexibility index (Phi) is 12.5. The molecule has 0 atom stereocenters. The molecule has 208 valence electrons. The topological polar surface area (TPSA) is 48.1 Å². The number of rotatable bonds is 18. The molecule has 0 aliphatic rings. The third-order valence-corrected chi connectivity index (χ3v) is 6.81. The monoisotopic (exact) mass is 532 g/mol. The standard InChI is InChI=1S/C36H44N4/c1(3-5-7-15-29-37-31-21-25-35(26-22-31)39-33-17-11-9-12-18-33)2-4-6-8-16-30-38-32-23-27-36(28-24-32)40-34-19-13-10-14-20-34/h1,3,9-14,17-28,37-40H,2,4-8,15-16,29-30H2/b3-1+. The van der Waals surface area contributed by atoms with Gasteiger partial charge < -0.3 is 21.3 Å². The van der Waals surface area contributed by atoms with Gasteiger partial charge in [0.2, 0.25) is 0 Å². The number of allylic oxidation sites excluding steroid dienone is 2. The van der Waals surface area contributed by atoms with Gasteiger partial charge in [-0.3, -0.25) is 0 Å². The summed E-state index contributed by atoms with van der Waals surface area (Å²) in [6.07, 6.45) is 14.6. The number of hydrogen-bond donors (Lipinski definition) is 4. The third-order valence-electron chi connectivity index (χ3n) is 6.81. The Morgan fingerprint density at radius 3 is 1.18 bits per heavy atom. The number of nitrogens with one attached hydrogen (secondary N) is 4. The van der Waals surface area contributed by atoms with Crippen LogP contribution in [0.15, 0.2) is 121 Å². The lowest BCUT2D eigenvalue weighted by atomic mass is 10.1. The molecule has 40 heavy (non-hydrogen) atoms. The maximum atomic E-state index is 3.54. The van der Waals surface area contributed by atoms with Crippen LogP contribution in [0, 0.1) is 0 Å². The summed E-state index contributed by atoms with van der Waals surface area (Å²) in [5.74, 6) is 0. The highest BCUT2D eigenvalue weighted by molar-refractivity contribution is 5.63. The molecule has 0 heterocycles. The fourth-order valence-corrected chi connectivity index (χ4v) is 4.55. The molecule has 4 N–H and O–H groups in total. The molecule has 0 spiro atoms. The zero-order chi connectivity index (χ0) is 27.5. The summed E-state index contributed by atoms with van der Waals surface area (Å²) in [5.41, 5.74) is 6.81. The minimum atomic E-state index is 1.02. The van der Waals surface area contributed by atoms with Crippen molar-refractivity contribution in [1.82, 2.24) is 0 Å². The van der Waals surface area contributed by atoms with Crippen molar-refractivity contribution in [3.8, 4) is 0 Å². The van der Waals surface area contributed by atoms with Crippen LogP contribution in [-0.4, -0.2) is 13.1 Å². The zero-order valence-electron chi connectivity index (χ0n) is 23.6. The maximum absolute atomic E-state index is 3.54. The molecule has 4 nitrogen and oxygen atoms in total. The second-order valence-corrected chi connectivity index (χ2v) is 10.2. The quantitative estimate of drug-likeness (QED) is 0.0760. The molecule has 0 saturated carbocycles. The van der Waals surface area contributed by atoms with Gasteiger partial charge in [0.1, 0.15) is 0 Å². The van der Waals surface area contributed by atoms with Gasteiger partial charge in [0.25, 0.3) is 0 Å². The van der Waals surface area contributed by atoms with E-state index in [1.165, 1.54) is 62.7 Å². The summed E-state index contributed by atoms with van der Waals surface area (Å²) in [5, 5.41) is 13.9. The highest BCUT2D eigenvalue weighted by atomic mass is 14.9. The van der Waals surface area contributed by atoms with Crippen LogP contribution >= 0.6 is 0 Å². The van der Waals surface area contributed by atoms with Crippen LogP contribution in [-0.2, 0) is 0 Å². The fraction of sp³-hybridized carbons (Fsp3) is 0.278. The number of benzene rings is 4. The molecule has 0 amide bonds. The van der Waals surface area contributed by atoms with E-state index in [-0.39, 0.29) is 0 Å². The average Bonchev–Trinajstić information content (AvgIpc) is 3.00. The van der Waals surface area contributed by atoms with Crippen LogP contribution in [0.25, 0.3) is 0 Å². The fourth-order valence-electron chi connectivity index (χ4n) is 4.55. The van der Waals surface area contributed by atoms with E-state index in [9.17, 15) is 0 Å². The molecule has 0 saturated heterocycles. The van der Waals surface area contributed by atoms with E-state index in [0.29, 0.717) is 0 Å². The van der Waals surface area contributed by atoms with Crippen LogP contribution in [0.2, 0.25) is 0 Å². The van der Waals surface area contributed by atoms with Crippen molar-refractivity contribution < 1.29 is 0 Å². The summed E-state index contributed by atoms with van der Waals surface area (Å²) < 4.78 is 0. The van der Waals surface area contributed by atoms with Crippen LogP contribution in [0.4, 0.5) is 34.1 Å². The Morgan fingerprint density at radius 2 is 0.700 bits per heavy atom. The predicted octanol–water partition coefficient (Wildman–Crippen LogP) is 10.4. The van der Waals surface area contributed by atoms with Crippen molar-refractivity contribution >= 4 is 34.1 Å². The zero-order valence-corrected chi connectivity index (χ0v) is 23.6. The van der Waals surface area contributed by atoms with Gasteiger partial charge in [-0.25, -0.2) is 0 Å². The van der Waals surface area contributed by atoms with Gasteiger partial charge in [0, 0.05) is 47.2 Å². The Hall–Kier alpha value is -4.18. The second-order valence-electron chi connectivity index (χ2n) is 10.2. The molecule has 4 aromatic rings. The van der Waals surface area contributed by atoms with Gasteiger partial charge in [0.15, 0.2) is 0 Å². The molecular formula is C36H44N4. The largest absolute Gasteiger partial charge is 0.385 e. The van der Waals surface area contributed by atoms with E-state index in [1.54, 1.807) is 0 Å². The average molecular weight is 533 g/mol. The Bertz CT molecular complexity index is 1220. The molecule has 4 rings (SSSR count). The highest BCUT2D eigenvalue weighted by Crippen LogP contribution is 2.20. The van der Waals surface area contributed by atoms with Crippen molar-refractivity contribution in [3.05, 3.63) is 121 Å². The van der Waals surface area contributed by atoms with E-state index in [0.717, 1.165) is 35.8 Å². The smallest absolute Gasteiger partial charge is 0.0385 e. The van der Waals surface area contributed by atoms with E-state index >= 15 is 0 Å². The number of unbranched alkanes of at least 4 members (excludes halogenated alkanes) is 6. The van der Waals surface area contributed by atoms with Crippen LogP contribution < -0.4 is 21.3 Å². The van der Waals surface area contributed by atoms with E-state index in [1.807, 2.05) is 36.4 Å². The molecule has 4 heteroatoms. The van der Waals surface area contributed by atoms with Gasteiger partial charge in [-0.15, -0.1) is 0 Å². The molecule has 0 aliphatic carbocycles. The highest BCUT2D eigenvalue weighted by Gasteiger charge is 1.97. The first kappa shape index (κ1) is 28.8. The lowest BCUT2D eigenvalue weighted by Crippen LogP contribution is -2.01. The molecule has 0 bridgehead atoms. The summed E-state index contributed by atoms with van der Waals surface area (Å²) in [6.45, 7) is 2.05. The van der Waals surface area contributed by atoms with Crippen molar-refractivity contribution in [2.24, 2.45) is 0 Å². The SMILES string of the molecule is C(=C\CCCCNc1ccc(Nc2ccccc2)cc1)/CCCCCCNc1ccc(Nc2ccccc2)cc1. The van der Waals surface area contributed by atoms with Crippen LogP contribution in [0.1, 0.15) is 51.4 Å². The molecule has 0 unspecified atom stereocenters. The van der Waals surface area contributed by atoms with E-state index in [2.05, 4.69) is 106 Å². The molecular weight excluding hydrogens is 488 g/mol. The normalized spacial score (nSPS) is 10.9. The lowest BCUT2D eigenvalue weighted by molar-refractivity contribution is 0.660. The number of hydrogen-bond acceptors (Lipinski definition) is 4. The third kappa shape index (κ3) is 11.3. The van der Waals surface area contributed by atoms with Gasteiger partial charge >= 0.3 is 0 Å². The Balaban J connectivity index is 0.945. The summed E-state index contributed by atoms with van der Waals surface area (Å²) in [7, 11) is 0. The van der Waals surface area contributed by atoms with Crippen LogP contribution in [0.3, 0.4) is 0 Å². The van der Waals surface area contributed by atoms with Crippen molar-refractivity contribution in [2.45, 2.75) is 51.4 Å². The first-order chi connectivity index (χ1) is 19.8. The Morgan fingerprint density at radius 1 is 0.350 bits per heavy atom. The van der Waals surface area contributed by atoms with Crippen molar-refractivity contribution in [2.75, 3.05) is 34.4 Å². The minimum absolute atomic E-state index is 1.02. The molecule has 0 aromatic heterocycles. The van der Waals surface area contributed by atoms with Gasteiger partial charge in [0.05, 0.1) is 0 Å². The Labute approximate surface area is 240 Å². The molecule has 4 aromatic carbocycles. The van der Waals surface area contributed by atoms with Crippen LogP contribution in [0.5, 0.6) is 0 Å². The molecule has 0 radical (unpaired) electrons. The predicted molar refractivity (Wildman–Crippen MR) is 175 cm³/mol. The number of anilines is 6. The number of para-hydroxylation sites is 2. The summed E-state index contributed by atoms with van der Waals surface area (Å²) in [6, 6.07) is 37.6. The lowest BCUT2D eigenvalue weighted by Gasteiger charge is -2.09. The summed E-state index contributed by atoms with van der Waals surface area (Å²) >= 11 is 0. The second kappa shape index (κ2) is 17.4. The first-order valence-corrected chi connectivity index (χ1v) is 14.8. The maximum Gasteiger partial charge on any atom is 0.0385 e. The van der Waals surface area contributed by atoms with Crippen molar-refractivity contribution in [3.63, 3.8) is 0 Å². The van der Waals surface area contributed by atoms with Crippen molar-refractivity contribution in [1.29, 1.82) is 0 Å². The minimum Gasteiger partial charge on any atom is -0.385 e. The molecule has 0 aliphatic heterocycles.